The van der Waals surface area contributed by atoms with Crippen LogP contribution in [0.25, 0.3) is 0 Å². The number of hydrogen-bond acceptors (Lipinski definition) is 4. The molecule has 3 aliphatic heterocycles. The van der Waals surface area contributed by atoms with Crippen LogP contribution in [0, 0.1) is 12.8 Å². The summed E-state index contributed by atoms with van der Waals surface area (Å²) in [5, 5.41) is 0. The number of carbonyl (C=O) groups is 1. The number of fused-ring (bicyclic) bond motifs is 2. The minimum Gasteiger partial charge on any atom is -0.494 e. The van der Waals surface area contributed by atoms with Gasteiger partial charge in [0.1, 0.15) is 5.75 Å². The molecule has 2 atom stereocenters. The highest BCUT2D eigenvalue weighted by atomic mass is 16.5. The number of aryl methyl sites for hydroxylation is 1. The van der Waals surface area contributed by atoms with Crippen molar-refractivity contribution in [1.82, 2.24) is 4.90 Å². The molecule has 5 heteroatoms. The predicted molar refractivity (Wildman–Crippen MR) is 130 cm³/mol. The summed E-state index contributed by atoms with van der Waals surface area (Å²) in [6, 6.07) is 13.2. The highest BCUT2D eigenvalue weighted by Crippen LogP contribution is 2.37. The van der Waals surface area contributed by atoms with Crippen LogP contribution in [-0.4, -0.2) is 56.7 Å². The second kappa shape index (κ2) is 8.78. The summed E-state index contributed by atoms with van der Waals surface area (Å²) < 4.78 is 5.84. The number of benzene rings is 2. The zero-order valence-electron chi connectivity index (χ0n) is 19.6. The first-order chi connectivity index (χ1) is 15.5. The maximum atomic E-state index is 13.3. The van der Waals surface area contributed by atoms with Crippen LogP contribution in [0.5, 0.6) is 5.75 Å². The van der Waals surface area contributed by atoms with E-state index in [9.17, 15) is 4.79 Å². The number of nitrogens with zero attached hydrogens (tertiary/aromatic N) is 3. The minimum absolute atomic E-state index is 0.0980. The largest absolute Gasteiger partial charge is 0.494 e. The molecule has 5 nitrogen and oxygen atoms in total. The van der Waals surface area contributed by atoms with Crippen molar-refractivity contribution >= 4 is 17.3 Å². The van der Waals surface area contributed by atoms with E-state index >= 15 is 0 Å². The van der Waals surface area contributed by atoms with Crippen LogP contribution in [-0.2, 0) is 6.42 Å². The molecular weight excluding hydrogens is 398 g/mol. The van der Waals surface area contributed by atoms with Gasteiger partial charge in [0.25, 0.3) is 5.91 Å². The van der Waals surface area contributed by atoms with E-state index in [1.54, 1.807) is 0 Å². The molecule has 0 N–H and O–H groups in total. The van der Waals surface area contributed by atoms with Gasteiger partial charge in [0, 0.05) is 49.2 Å². The first-order valence-corrected chi connectivity index (χ1v) is 12.2. The van der Waals surface area contributed by atoms with Gasteiger partial charge in [0.15, 0.2) is 0 Å². The van der Waals surface area contributed by atoms with Gasteiger partial charge in [-0.25, -0.2) is 0 Å². The molecule has 1 amide bonds. The lowest BCUT2D eigenvalue weighted by Gasteiger charge is -2.32. The molecule has 0 aromatic heterocycles. The fraction of sp³-hybridized carbons (Fsp3) is 0.519. The molecule has 5 rings (SSSR count). The van der Waals surface area contributed by atoms with Gasteiger partial charge in [-0.3, -0.25) is 4.79 Å². The van der Waals surface area contributed by atoms with Crippen molar-refractivity contribution in [2.45, 2.75) is 45.6 Å². The molecule has 170 valence electrons. The zero-order valence-corrected chi connectivity index (χ0v) is 19.6. The molecule has 0 aliphatic carbocycles. The lowest BCUT2D eigenvalue weighted by Crippen LogP contribution is -2.38. The number of likely N-dealkylation sites (N-methyl/N-ethyl adjacent to an activating group) is 1. The van der Waals surface area contributed by atoms with Gasteiger partial charge in [-0.1, -0.05) is 13.3 Å². The third-order valence-corrected chi connectivity index (χ3v) is 7.46. The lowest BCUT2D eigenvalue weighted by molar-refractivity contribution is 0.0980. The zero-order chi connectivity index (χ0) is 22.2. The molecular formula is C27H35N3O2. The number of amides is 1. The maximum absolute atomic E-state index is 13.3. The molecule has 0 spiro atoms. The van der Waals surface area contributed by atoms with Crippen molar-refractivity contribution in [2.75, 3.05) is 49.6 Å². The van der Waals surface area contributed by atoms with Gasteiger partial charge in [-0.2, -0.15) is 0 Å². The normalized spacial score (nSPS) is 22.9. The van der Waals surface area contributed by atoms with Gasteiger partial charge < -0.3 is 19.4 Å². The SMILES string of the molecule is CCCCOc1ccc2c(c1)CCN(c1ccc(N3CCC4CN(C)CC43)cc1C)C2=O. The van der Waals surface area contributed by atoms with E-state index < -0.39 is 0 Å². The number of carbonyl (C=O) groups excluding carboxylic acids is 1. The molecule has 2 unspecified atom stereocenters. The molecule has 3 aliphatic rings. The maximum Gasteiger partial charge on any atom is 0.258 e. The lowest BCUT2D eigenvalue weighted by atomic mass is 9.97. The fourth-order valence-electron chi connectivity index (χ4n) is 5.73. The second-order valence-electron chi connectivity index (χ2n) is 9.73. The standard InChI is InChI=1S/C27H35N3O2/c1-4-5-14-32-23-7-8-24-20(16-23)10-13-30(27(24)31)25-9-6-22(15-19(25)2)29-12-11-21-17-28(3)18-26(21)29/h6-9,15-16,21,26H,4-5,10-14,17-18H2,1-3H3. The van der Waals surface area contributed by atoms with E-state index in [2.05, 4.69) is 55.0 Å². The predicted octanol–water partition coefficient (Wildman–Crippen LogP) is 4.52. The quantitative estimate of drug-likeness (QED) is 0.628. The Bertz CT molecular complexity index is 1000. The molecule has 0 radical (unpaired) electrons. The number of anilines is 2. The first kappa shape index (κ1) is 21.3. The Morgan fingerprint density at radius 2 is 1.97 bits per heavy atom. The van der Waals surface area contributed by atoms with Gasteiger partial charge in [-0.05, 0) is 86.7 Å². The minimum atomic E-state index is 0.0980. The molecule has 2 aromatic carbocycles. The Morgan fingerprint density at radius 1 is 1.09 bits per heavy atom. The Balaban J connectivity index is 1.33. The molecule has 32 heavy (non-hydrogen) atoms. The van der Waals surface area contributed by atoms with Crippen molar-refractivity contribution < 1.29 is 9.53 Å². The van der Waals surface area contributed by atoms with E-state index in [-0.39, 0.29) is 5.91 Å². The average molecular weight is 434 g/mol. The Hall–Kier alpha value is -2.53. The van der Waals surface area contributed by atoms with E-state index in [1.165, 1.54) is 24.2 Å². The smallest absolute Gasteiger partial charge is 0.258 e. The van der Waals surface area contributed by atoms with E-state index in [1.807, 2.05) is 17.0 Å². The van der Waals surface area contributed by atoms with Crippen LogP contribution in [0.15, 0.2) is 36.4 Å². The third kappa shape index (κ3) is 3.88. The third-order valence-electron chi connectivity index (χ3n) is 7.46. The van der Waals surface area contributed by atoms with E-state index in [0.29, 0.717) is 12.6 Å². The monoisotopic (exact) mass is 433 g/mol. The van der Waals surface area contributed by atoms with Crippen LogP contribution in [0.4, 0.5) is 11.4 Å². The van der Waals surface area contributed by atoms with Crippen LogP contribution >= 0.6 is 0 Å². The van der Waals surface area contributed by atoms with Gasteiger partial charge in [-0.15, -0.1) is 0 Å². The number of ether oxygens (including phenoxy) is 1. The number of likely N-dealkylation sites (tertiary alicyclic amines) is 1. The van der Waals surface area contributed by atoms with Crippen molar-refractivity contribution in [3.8, 4) is 5.75 Å². The van der Waals surface area contributed by atoms with E-state index in [4.69, 9.17) is 4.74 Å². The van der Waals surface area contributed by atoms with Gasteiger partial charge in [0.05, 0.1) is 6.61 Å². The second-order valence-corrected chi connectivity index (χ2v) is 9.73. The van der Waals surface area contributed by atoms with E-state index in [0.717, 1.165) is 67.4 Å². The van der Waals surface area contributed by atoms with Crippen LogP contribution in [0.3, 0.4) is 0 Å². The summed E-state index contributed by atoms with van der Waals surface area (Å²) in [7, 11) is 2.23. The summed E-state index contributed by atoms with van der Waals surface area (Å²) in [6.07, 6.45) is 4.30. The summed E-state index contributed by atoms with van der Waals surface area (Å²) in [5.41, 5.74) is 5.41. The average Bonchev–Trinajstić information content (AvgIpc) is 3.33. The molecule has 2 fully saturated rings. The van der Waals surface area contributed by atoms with Crippen molar-refractivity contribution in [3.63, 3.8) is 0 Å². The Morgan fingerprint density at radius 3 is 2.78 bits per heavy atom. The summed E-state index contributed by atoms with van der Waals surface area (Å²) in [4.78, 5) is 20.3. The highest BCUT2D eigenvalue weighted by molar-refractivity contribution is 6.08. The number of unbranched alkanes of at least 4 members (excludes halogenated alkanes) is 1. The van der Waals surface area contributed by atoms with Gasteiger partial charge >= 0.3 is 0 Å². The number of rotatable bonds is 6. The molecule has 3 heterocycles. The van der Waals surface area contributed by atoms with Crippen LogP contribution in [0.1, 0.15) is 47.7 Å². The first-order valence-electron chi connectivity index (χ1n) is 12.2. The Labute approximate surface area is 191 Å². The molecule has 2 saturated heterocycles. The van der Waals surface area contributed by atoms with Crippen molar-refractivity contribution in [3.05, 3.63) is 53.1 Å². The van der Waals surface area contributed by atoms with Crippen molar-refractivity contribution in [1.29, 1.82) is 0 Å². The summed E-state index contributed by atoms with van der Waals surface area (Å²) in [5.74, 6) is 1.76. The summed E-state index contributed by atoms with van der Waals surface area (Å²) >= 11 is 0. The molecule has 0 saturated carbocycles. The summed E-state index contributed by atoms with van der Waals surface area (Å²) in [6.45, 7) is 9.25. The highest BCUT2D eigenvalue weighted by Gasteiger charge is 2.40. The topological polar surface area (TPSA) is 36.0 Å². The number of hydrogen-bond donors (Lipinski definition) is 0. The van der Waals surface area contributed by atoms with Gasteiger partial charge in [0.2, 0.25) is 0 Å². The fourth-order valence-corrected chi connectivity index (χ4v) is 5.73. The Kier molecular flexibility index (Phi) is 5.85. The molecule has 0 bridgehead atoms. The van der Waals surface area contributed by atoms with Crippen LogP contribution in [0.2, 0.25) is 0 Å². The van der Waals surface area contributed by atoms with Crippen LogP contribution < -0.4 is 14.5 Å². The van der Waals surface area contributed by atoms with Crippen molar-refractivity contribution in [2.24, 2.45) is 5.92 Å². The molecule has 2 aromatic rings.